The maximum absolute atomic E-state index is 10.5. The van der Waals surface area contributed by atoms with E-state index in [9.17, 15) is 4.79 Å². The summed E-state index contributed by atoms with van der Waals surface area (Å²) >= 11 is 1.92. The van der Waals surface area contributed by atoms with E-state index in [1.807, 2.05) is 22.6 Å². The number of carboxylic acid groups (broad SMARTS) is 1. The monoisotopic (exact) mass is 272 g/mol. The van der Waals surface area contributed by atoms with Gasteiger partial charge < -0.3 is 10.2 Å². The van der Waals surface area contributed by atoms with Crippen LogP contribution in [0.25, 0.3) is 0 Å². The van der Waals surface area contributed by atoms with Crippen molar-refractivity contribution in [1.29, 1.82) is 0 Å². The molecule has 0 saturated heterocycles. The lowest BCUT2D eigenvalue weighted by Crippen LogP contribution is -2.27. The number of unbranched alkanes of at least 4 members (excludes halogenated alkanes) is 1. The molecule has 0 aliphatic rings. The number of carbonyl (C=O) groups is 1. The lowest BCUT2D eigenvalue weighted by atomic mass is 10.0. The van der Waals surface area contributed by atoms with E-state index in [-0.39, 0.29) is 6.61 Å². The van der Waals surface area contributed by atoms with Gasteiger partial charge in [0.05, 0.1) is 0 Å². The van der Waals surface area contributed by atoms with E-state index >= 15 is 0 Å². The Hall–Kier alpha value is 0.160. The zero-order valence-corrected chi connectivity index (χ0v) is 8.67. The second kappa shape index (κ2) is 4.92. The number of hydrogen-bond donors (Lipinski definition) is 2. The first-order chi connectivity index (χ1) is 5.00. The van der Waals surface area contributed by atoms with E-state index in [0.29, 0.717) is 12.8 Å². The number of aliphatic hydroxyl groups excluding tert-OH is 1. The lowest BCUT2D eigenvalue weighted by Gasteiger charge is -2.15. The summed E-state index contributed by atoms with van der Waals surface area (Å²) < 4.78 is -0.674. The zero-order valence-electron chi connectivity index (χ0n) is 6.51. The van der Waals surface area contributed by atoms with Crippen LogP contribution < -0.4 is 0 Å². The van der Waals surface area contributed by atoms with Crippen molar-refractivity contribution >= 4 is 28.6 Å². The van der Waals surface area contributed by atoms with Gasteiger partial charge in [-0.2, -0.15) is 0 Å². The van der Waals surface area contributed by atoms with Crippen LogP contribution in [-0.2, 0) is 4.79 Å². The van der Waals surface area contributed by atoms with Crippen molar-refractivity contribution in [2.24, 2.45) is 0 Å². The average molecular weight is 272 g/mol. The second-order valence-electron chi connectivity index (χ2n) is 2.68. The van der Waals surface area contributed by atoms with Crippen LogP contribution in [0.5, 0.6) is 0 Å². The Morgan fingerprint density at radius 1 is 1.55 bits per heavy atom. The van der Waals surface area contributed by atoms with Crippen LogP contribution >= 0.6 is 22.6 Å². The normalized spacial score (nSPS) is 15.9. The van der Waals surface area contributed by atoms with Crippen LogP contribution in [-0.4, -0.2) is 26.2 Å². The molecule has 0 radical (unpaired) electrons. The number of halogens is 1. The van der Waals surface area contributed by atoms with E-state index in [1.165, 1.54) is 0 Å². The van der Waals surface area contributed by atoms with Crippen molar-refractivity contribution < 1.29 is 15.0 Å². The highest BCUT2D eigenvalue weighted by Crippen LogP contribution is 2.24. The highest BCUT2D eigenvalue weighted by molar-refractivity contribution is 14.1. The summed E-state index contributed by atoms with van der Waals surface area (Å²) in [4.78, 5) is 10.5. The largest absolute Gasteiger partial charge is 0.480 e. The summed E-state index contributed by atoms with van der Waals surface area (Å²) in [5.41, 5.74) is 0. The molecule has 0 aromatic carbocycles. The Morgan fingerprint density at radius 3 is 2.45 bits per heavy atom. The molecule has 4 heteroatoms. The Bertz CT molecular complexity index is 134. The minimum atomic E-state index is -0.781. The molecule has 0 aromatic heterocycles. The molecule has 1 atom stereocenters. The highest BCUT2D eigenvalue weighted by atomic mass is 127. The summed E-state index contributed by atoms with van der Waals surface area (Å²) in [6, 6.07) is 0. The van der Waals surface area contributed by atoms with Crippen molar-refractivity contribution in [2.45, 2.75) is 29.6 Å². The van der Waals surface area contributed by atoms with E-state index in [4.69, 9.17) is 10.2 Å². The summed E-state index contributed by atoms with van der Waals surface area (Å²) in [6.45, 7) is 1.83. The molecule has 1 unspecified atom stereocenters. The van der Waals surface area contributed by atoms with Gasteiger partial charge in [0, 0.05) is 6.61 Å². The molecule has 0 fully saturated rings. The molecule has 0 aliphatic carbocycles. The van der Waals surface area contributed by atoms with Crippen LogP contribution in [0.1, 0.15) is 26.2 Å². The zero-order chi connectivity index (χ0) is 8.91. The Kier molecular flexibility index (Phi) is 4.99. The maximum Gasteiger partial charge on any atom is 0.319 e. The van der Waals surface area contributed by atoms with Gasteiger partial charge in [-0.05, 0) is 26.2 Å². The first-order valence-electron chi connectivity index (χ1n) is 3.54. The molecule has 0 amide bonds. The number of carboxylic acids is 1. The molecule has 66 valence electrons. The summed E-state index contributed by atoms with van der Waals surface area (Å²) in [5, 5.41) is 17.1. The average Bonchev–Trinajstić information content (AvgIpc) is 1.88. The van der Waals surface area contributed by atoms with Crippen molar-refractivity contribution in [3.63, 3.8) is 0 Å². The summed E-state index contributed by atoms with van der Waals surface area (Å²) in [6.07, 6.45) is 2.07. The fourth-order valence-electron chi connectivity index (χ4n) is 0.676. The Balaban J connectivity index is 3.64. The SMILES string of the molecule is CC(I)(CCCCO)C(=O)O. The Morgan fingerprint density at radius 2 is 2.09 bits per heavy atom. The van der Waals surface area contributed by atoms with Gasteiger partial charge in [0.25, 0.3) is 0 Å². The highest BCUT2D eigenvalue weighted by Gasteiger charge is 2.28. The standard InChI is InChI=1S/C7H13IO3/c1-7(8,6(10)11)4-2-3-5-9/h9H,2-5H2,1H3,(H,10,11). The number of aliphatic carboxylic acids is 1. The minimum Gasteiger partial charge on any atom is -0.480 e. The van der Waals surface area contributed by atoms with Crippen LogP contribution in [0, 0.1) is 0 Å². The molecule has 0 aromatic rings. The van der Waals surface area contributed by atoms with Gasteiger partial charge in [0.1, 0.15) is 3.42 Å². The van der Waals surface area contributed by atoms with E-state index in [1.54, 1.807) is 6.92 Å². The number of alkyl halides is 1. The first kappa shape index (κ1) is 11.2. The number of hydrogen-bond acceptors (Lipinski definition) is 2. The molecule has 2 N–H and O–H groups in total. The Labute approximate surface area is 79.9 Å². The molecule has 0 bridgehead atoms. The smallest absolute Gasteiger partial charge is 0.319 e. The quantitative estimate of drug-likeness (QED) is 0.452. The van der Waals surface area contributed by atoms with Crippen molar-refractivity contribution in [2.75, 3.05) is 6.61 Å². The van der Waals surface area contributed by atoms with Gasteiger partial charge in [0.15, 0.2) is 0 Å². The second-order valence-corrected chi connectivity index (χ2v) is 5.06. The number of rotatable bonds is 5. The molecular weight excluding hydrogens is 259 g/mol. The van der Waals surface area contributed by atoms with Gasteiger partial charge in [-0.25, -0.2) is 0 Å². The topological polar surface area (TPSA) is 57.5 Å². The number of aliphatic hydroxyl groups is 1. The summed E-state index contributed by atoms with van der Waals surface area (Å²) in [7, 11) is 0. The van der Waals surface area contributed by atoms with E-state index in [0.717, 1.165) is 6.42 Å². The molecule has 0 aliphatic heterocycles. The molecule has 11 heavy (non-hydrogen) atoms. The predicted octanol–water partition coefficient (Wildman–Crippen LogP) is 1.43. The van der Waals surface area contributed by atoms with Crippen LogP contribution in [0.15, 0.2) is 0 Å². The van der Waals surface area contributed by atoms with Gasteiger partial charge in [-0.15, -0.1) is 0 Å². The third-order valence-corrected chi connectivity index (χ3v) is 2.50. The molecular formula is C7H13IO3. The molecule has 0 spiro atoms. The van der Waals surface area contributed by atoms with Crippen LogP contribution in [0.4, 0.5) is 0 Å². The molecule has 0 saturated carbocycles. The minimum absolute atomic E-state index is 0.145. The molecule has 0 heterocycles. The van der Waals surface area contributed by atoms with Gasteiger partial charge in [-0.1, -0.05) is 22.6 Å². The van der Waals surface area contributed by atoms with Crippen molar-refractivity contribution in [3.8, 4) is 0 Å². The van der Waals surface area contributed by atoms with Crippen LogP contribution in [0.3, 0.4) is 0 Å². The van der Waals surface area contributed by atoms with E-state index < -0.39 is 9.39 Å². The van der Waals surface area contributed by atoms with Crippen LogP contribution in [0.2, 0.25) is 0 Å². The lowest BCUT2D eigenvalue weighted by molar-refractivity contribution is -0.139. The third kappa shape index (κ3) is 4.58. The van der Waals surface area contributed by atoms with Gasteiger partial charge in [0.2, 0.25) is 0 Å². The molecule has 3 nitrogen and oxygen atoms in total. The first-order valence-corrected chi connectivity index (χ1v) is 4.62. The van der Waals surface area contributed by atoms with Crippen molar-refractivity contribution in [3.05, 3.63) is 0 Å². The fourth-order valence-corrected chi connectivity index (χ4v) is 1.06. The van der Waals surface area contributed by atoms with Crippen molar-refractivity contribution in [1.82, 2.24) is 0 Å². The molecule has 0 rings (SSSR count). The fraction of sp³-hybridized carbons (Fsp3) is 0.857. The van der Waals surface area contributed by atoms with Gasteiger partial charge in [-0.3, -0.25) is 4.79 Å². The summed E-state index contributed by atoms with van der Waals surface area (Å²) in [5.74, 6) is -0.781. The maximum atomic E-state index is 10.5. The third-order valence-electron chi connectivity index (χ3n) is 1.50. The van der Waals surface area contributed by atoms with E-state index in [2.05, 4.69) is 0 Å². The van der Waals surface area contributed by atoms with Gasteiger partial charge >= 0.3 is 5.97 Å². The predicted molar refractivity (Wildman–Crippen MR) is 51.0 cm³/mol.